The lowest BCUT2D eigenvalue weighted by Gasteiger charge is -2.29. The van der Waals surface area contributed by atoms with Crippen LogP contribution >= 0.6 is 12.4 Å². The molecule has 130 valence electrons. The number of carbonyl (C=O) groups excluding carboxylic acids is 1. The maximum atomic E-state index is 14.2. The molecule has 0 aromatic heterocycles. The third-order valence-corrected chi connectivity index (χ3v) is 3.43. The number of nitrogens with one attached hydrogen (secondary N) is 1. The Kier molecular flexibility index (Phi) is 8.08. The van der Waals surface area contributed by atoms with E-state index in [0.29, 0.717) is 44.2 Å². The molecule has 0 aliphatic carbocycles. The van der Waals surface area contributed by atoms with Crippen LogP contribution in [0.1, 0.15) is 6.92 Å². The van der Waals surface area contributed by atoms with Gasteiger partial charge in [-0.2, -0.15) is 0 Å². The van der Waals surface area contributed by atoms with Crippen molar-refractivity contribution in [1.29, 1.82) is 0 Å². The van der Waals surface area contributed by atoms with Crippen molar-refractivity contribution in [2.75, 3.05) is 49.6 Å². The van der Waals surface area contributed by atoms with Gasteiger partial charge < -0.3 is 25.4 Å². The summed E-state index contributed by atoms with van der Waals surface area (Å²) in [6.07, 6.45) is -0.431. The number of hydrogen-bond donors (Lipinski definition) is 2. The topological polar surface area (TPSA) is 76.8 Å². The van der Waals surface area contributed by atoms with Crippen LogP contribution in [-0.4, -0.2) is 51.5 Å². The molecule has 1 aliphatic heterocycles. The molecule has 1 heterocycles. The normalized spacial score (nSPS) is 15.5. The fourth-order valence-electron chi connectivity index (χ4n) is 2.32. The summed E-state index contributed by atoms with van der Waals surface area (Å²) < 4.78 is 24.5. The summed E-state index contributed by atoms with van der Waals surface area (Å²) in [5.74, 6) is -0.671. The zero-order valence-electron chi connectivity index (χ0n) is 13.1. The fourth-order valence-corrected chi connectivity index (χ4v) is 2.32. The molecular formula is C15H23ClFN3O3. The Morgan fingerprint density at radius 1 is 1.48 bits per heavy atom. The van der Waals surface area contributed by atoms with Crippen LogP contribution in [0.5, 0.6) is 0 Å². The van der Waals surface area contributed by atoms with Gasteiger partial charge in [-0.3, -0.25) is 4.79 Å². The number of rotatable bonds is 6. The smallest absolute Gasteiger partial charge is 0.303 e. The molecule has 0 unspecified atom stereocenters. The van der Waals surface area contributed by atoms with Crippen molar-refractivity contribution in [3.8, 4) is 0 Å². The SMILES string of the molecule is CC(=O)O[C@@H](CN)CNc1ccc(N2CCOCC2)c(F)c1.Cl. The first-order valence-corrected chi connectivity index (χ1v) is 7.33. The highest BCUT2D eigenvalue weighted by Gasteiger charge is 2.16. The van der Waals surface area contributed by atoms with Crippen molar-refractivity contribution in [2.24, 2.45) is 5.73 Å². The largest absolute Gasteiger partial charge is 0.459 e. The predicted molar refractivity (Wildman–Crippen MR) is 89.8 cm³/mol. The second-order valence-corrected chi connectivity index (χ2v) is 5.11. The molecule has 0 spiro atoms. The van der Waals surface area contributed by atoms with E-state index in [4.69, 9.17) is 15.2 Å². The Morgan fingerprint density at radius 2 is 2.17 bits per heavy atom. The molecule has 1 aromatic carbocycles. The number of nitrogens with zero attached hydrogens (tertiary/aromatic N) is 1. The maximum absolute atomic E-state index is 14.2. The van der Waals surface area contributed by atoms with Gasteiger partial charge in [0, 0.05) is 32.2 Å². The molecule has 1 aromatic rings. The van der Waals surface area contributed by atoms with E-state index in [1.54, 1.807) is 12.1 Å². The van der Waals surface area contributed by atoms with Crippen LogP contribution in [0.3, 0.4) is 0 Å². The minimum Gasteiger partial charge on any atom is -0.459 e. The Bertz CT molecular complexity index is 513. The van der Waals surface area contributed by atoms with E-state index in [9.17, 15) is 9.18 Å². The van der Waals surface area contributed by atoms with E-state index in [1.807, 2.05) is 4.90 Å². The molecule has 8 heteroatoms. The summed E-state index contributed by atoms with van der Waals surface area (Å²) in [4.78, 5) is 12.9. The molecule has 1 fully saturated rings. The van der Waals surface area contributed by atoms with E-state index < -0.39 is 6.10 Å². The number of carbonyl (C=O) groups is 1. The van der Waals surface area contributed by atoms with Crippen molar-refractivity contribution in [2.45, 2.75) is 13.0 Å². The van der Waals surface area contributed by atoms with Gasteiger partial charge in [0.2, 0.25) is 0 Å². The third kappa shape index (κ3) is 5.85. The van der Waals surface area contributed by atoms with E-state index in [-0.39, 0.29) is 30.7 Å². The lowest BCUT2D eigenvalue weighted by molar-refractivity contribution is -0.145. The van der Waals surface area contributed by atoms with Crippen molar-refractivity contribution < 1.29 is 18.7 Å². The van der Waals surface area contributed by atoms with Gasteiger partial charge in [0.15, 0.2) is 0 Å². The van der Waals surface area contributed by atoms with Crippen LogP contribution in [0.4, 0.5) is 15.8 Å². The van der Waals surface area contributed by atoms with Gasteiger partial charge in [-0.25, -0.2) is 4.39 Å². The lowest BCUT2D eigenvalue weighted by atomic mass is 10.2. The highest BCUT2D eigenvalue weighted by atomic mass is 35.5. The standard InChI is InChI=1S/C15H22FN3O3.ClH/c1-11(20)22-13(9-17)10-18-12-2-3-15(14(16)8-12)19-4-6-21-7-5-19;/h2-3,8,13,18H,4-7,9-10,17H2,1H3;1H/t13-;/m0./s1. The summed E-state index contributed by atoms with van der Waals surface area (Å²) in [6, 6.07) is 4.98. The van der Waals surface area contributed by atoms with E-state index >= 15 is 0 Å². The van der Waals surface area contributed by atoms with Gasteiger partial charge in [-0.05, 0) is 18.2 Å². The van der Waals surface area contributed by atoms with Gasteiger partial charge in [0.05, 0.1) is 25.4 Å². The van der Waals surface area contributed by atoms with Crippen molar-refractivity contribution in [3.05, 3.63) is 24.0 Å². The Labute approximate surface area is 141 Å². The van der Waals surface area contributed by atoms with Crippen LogP contribution in [0.25, 0.3) is 0 Å². The van der Waals surface area contributed by atoms with Crippen LogP contribution in [0.2, 0.25) is 0 Å². The highest BCUT2D eigenvalue weighted by Crippen LogP contribution is 2.23. The Balaban J connectivity index is 0.00000264. The molecule has 0 amide bonds. The third-order valence-electron chi connectivity index (χ3n) is 3.43. The molecule has 1 aliphatic rings. The van der Waals surface area contributed by atoms with Crippen molar-refractivity contribution in [1.82, 2.24) is 0 Å². The van der Waals surface area contributed by atoms with Gasteiger partial charge in [-0.1, -0.05) is 0 Å². The molecule has 0 radical (unpaired) electrons. The average molecular weight is 348 g/mol. The number of morpholine rings is 1. The zero-order chi connectivity index (χ0) is 15.9. The van der Waals surface area contributed by atoms with E-state index in [0.717, 1.165) is 0 Å². The van der Waals surface area contributed by atoms with Crippen LogP contribution in [-0.2, 0) is 14.3 Å². The zero-order valence-corrected chi connectivity index (χ0v) is 13.9. The number of hydrogen-bond acceptors (Lipinski definition) is 6. The second kappa shape index (κ2) is 9.54. The van der Waals surface area contributed by atoms with Crippen LogP contribution in [0.15, 0.2) is 18.2 Å². The Morgan fingerprint density at radius 3 is 2.74 bits per heavy atom. The fraction of sp³-hybridized carbons (Fsp3) is 0.533. The minimum atomic E-state index is -0.431. The first kappa shape index (κ1) is 19.5. The van der Waals surface area contributed by atoms with Gasteiger partial charge in [0.1, 0.15) is 11.9 Å². The van der Waals surface area contributed by atoms with Crippen molar-refractivity contribution >= 4 is 29.8 Å². The van der Waals surface area contributed by atoms with Gasteiger partial charge >= 0.3 is 5.97 Å². The minimum absolute atomic E-state index is 0. The summed E-state index contributed by atoms with van der Waals surface area (Å²) in [7, 11) is 0. The monoisotopic (exact) mass is 347 g/mol. The van der Waals surface area contributed by atoms with Gasteiger partial charge in [-0.15, -0.1) is 12.4 Å². The van der Waals surface area contributed by atoms with Crippen LogP contribution in [0, 0.1) is 5.82 Å². The first-order valence-electron chi connectivity index (χ1n) is 7.33. The number of ether oxygens (including phenoxy) is 2. The highest BCUT2D eigenvalue weighted by molar-refractivity contribution is 5.85. The number of anilines is 2. The lowest BCUT2D eigenvalue weighted by Crippen LogP contribution is -2.36. The number of benzene rings is 1. The molecule has 1 saturated heterocycles. The number of esters is 1. The average Bonchev–Trinajstić information content (AvgIpc) is 2.52. The molecular weight excluding hydrogens is 325 g/mol. The summed E-state index contributed by atoms with van der Waals surface area (Å²) in [5.41, 5.74) is 6.73. The van der Waals surface area contributed by atoms with Crippen LogP contribution < -0.4 is 16.0 Å². The van der Waals surface area contributed by atoms with Gasteiger partial charge in [0.25, 0.3) is 0 Å². The molecule has 2 rings (SSSR count). The quantitative estimate of drug-likeness (QED) is 0.757. The predicted octanol–water partition coefficient (Wildman–Crippen LogP) is 1.39. The molecule has 1 atom stereocenters. The van der Waals surface area contributed by atoms with E-state index in [1.165, 1.54) is 13.0 Å². The summed E-state index contributed by atoms with van der Waals surface area (Å²) >= 11 is 0. The summed E-state index contributed by atoms with van der Waals surface area (Å²) in [6.45, 7) is 4.48. The Hall–Kier alpha value is -1.57. The molecule has 0 saturated carbocycles. The number of halogens is 2. The molecule has 6 nitrogen and oxygen atoms in total. The first-order chi connectivity index (χ1) is 10.6. The summed E-state index contributed by atoms with van der Waals surface area (Å²) in [5, 5.41) is 3.03. The second-order valence-electron chi connectivity index (χ2n) is 5.11. The van der Waals surface area contributed by atoms with Crippen molar-refractivity contribution in [3.63, 3.8) is 0 Å². The molecule has 3 N–H and O–H groups in total. The maximum Gasteiger partial charge on any atom is 0.303 e. The number of nitrogens with two attached hydrogens (primary N) is 1. The molecule has 23 heavy (non-hydrogen) atoms. The van der Waals surface area contributed by atoms with E-state index in [2.05, 4.69) is 5.32 Å². The molecule has 0 bridgehead atoms.